The second kappa shape index (κ2) is 5.63. The van der Waals surface area contributed by atoms with Crippen LogP contribution in [0, 0.1) is 5.92 Å². The highest BCUT2D eigenvalue weighted by Gasteiger charge is 2.30. The van der Waals surface area contributed by atoms with Crippen molar-refractivity contribution in [2.24, 2.45) is 5.92 Å². The molecule has 1 aromatic rings. The Kier molecular flexibility index (Phi) is 3.91. The first-order valence-corrected chi connectivity index (χ1v) is 7.68. The number of nitrogens with one attached hydrogen (secondary N) is 1. The molecule has 0 spiro atoms. The fourth-order valence-corrected chi connectivity index (χ4v) is 3.29. The lowest BCUT2D eigenvalue weighted by atomic mass is 9.75. The second-order valence-electron chi connectivity index (χ2n) is 5.96. The van der Waals surface area contributed by atoms with Crippen molar-refractivity contribution in [2.45, 2.75) is 50.5 Å². The molecule has 0 unspecified atom stereocenters. The first kappa shape index (κ1) is 12.5. The van der Waals surface area contributed by atoms with Gasteiger partial charge in [0.25, 0.3) is 0 Å². The fraction of sp³-hybridized carbons (Fsp3) is 0.625. The van der Waals surface area contributed by atoms with Crippen LogP contribution in [0.3, 0.4) is 0 Å². The van der Waals surface area contributed by atoms with Crippen molar-refractivity contribution in [1.82, 2.24) is 5.32 Å². The predicted molar refractivity (Wildman–Crippen MR) is 77.2 cm³/mol. The van der Waals surface area contributed by atoms with Gasteiger partial charge in [-0.15, -0.1) is 0 Å². The topological polar surface area (TPSA) is 12.0 Å². The Hall–Kier alpha value is -0.530. The molecule has 0 aliphatic heterocycles. The van der Waals surface area contributed by atoms with E-state index in [9.17, 15) is 0 Å². The van der Waals surface area contributed by atoms with E-state index >= 15 is 0 Å². The molecular formula is C16H22ClN. The summed E-state index contributed by atoms with van der Waals surface area (Å²) in [6.45, 7) is 1.22. The smallest absolute Gasteiger partial charge is 0.0408 e. The van der Waals surface area contributed by atoms with Crippen LogP contribution in [0.1, 0.15) is 50.0 Å². The fourth-order valence-electron chi connectivity index (χ4n) is 3.09. The predicted octanol–water partition coefficient (Wildman–Crippen LogP) is 4.37. The van der Waals surface area contributed by atoms with Crippen molar-refractivity contribution >= 4 is 11.6 Å². The van der Waals surface area contributed by atoms with Crippen LogP contribution in [0.25, 0.3) is 0 Å². The average molecular weight is 264 g/mol. The van der Waals surface area contributed by atoms with Gasteiger partial charge in [-0.2, -0.15) is 0 Å². The third kappa shape index (κ3) is 2.89. The Morgan fingerprint density at radius 3 is 2.72 bits per heavy atom. The average Bonchev–Trinajstić information content (AvgIpc) is 2.23. The Balaban J connectivity index is 1.37. The lowest BCUT2D eigenvalue weighted by Gasteiger charge is -2.37. The van der Waals surface area contributed by atoms with Crippen molar-refractivity contribution in [3.05, 3.63) is 34.9 Å². The van der Waals surface area contributed by atoms with Crippen molar-refractivity contribution in [3.63, 3.8) is 0 Å². The first-order chi connectivity index (χ1) is 8.81. The zero-order valence-electron chi connectivity index (χ0n) is 10.9. The number of benzene rings is 1. The molecule has 0 saturated heterocycles. The minimum atomic E-state index is 0.727. The third-order valence-corrected chi connectivity index (χ3v) is 4.90. The van der Waals surface area contributed by atoms with Crippen LogP contribution in [0.2, 0.25) is 5.02 Å². The van der Waals surface area contributed by atoms with Gasteiger partial charge >= 0.3 is 0 Å². The van der Waals surface area contributed by atoms with Gasteiger partial charge in [0.2, 0.25) is 0 Å². The van der Waals surface area contributed by atoms with E-state index in [1.807, 2.05) is 6.07 Å². The molecule has 0 bridgehead atoms. The van der Waals surface area contributed by atoms with E-state index in [1.165, 1.54) is 50.6 Å². The Labute approximate surface area is 115 Å². The van der Waals surface area contributed by atoms with Crippen LogP contribution in [-0.2, 0) is 0 Å². The highest BCUT2D eigenvalue weighted by molar-refractivity contribution is 6.30. The molecule has 3 rings (SSSR count). The molecule has 2 aliphatic carbocycles. The van der Waals surface area contributed by atoms with E-state index in [2.05, 4.69) is 23.5 Å². The van der Waals surface area contributed by atoms with Gasteiger partial charge in [0.1, 0.15) is 0 Å². The van der Waals surface area contributed by atoms with Crippen LogP contribution in [0.5, 0.6) is 0 Å². The van der Waals surface area contributed by atoms with Crippen LogP contribution < -0.4 is 5.32 Å². The van der Waals surface area contributed by atoms with Crippen LogP contribution in [0.4, 0.5) is 0 Å². The minimum absolute atomic E-state index is 0.727. The normalized spacial score (nSPS) is 27.6. The number of hydrogen-bond acceptors (Lipinski definition) is 1. The number of rotatable bonds is 5. The third-order valence-electron chi connectivity index (χ3n) is 4.67. The van der Waals surface area contributed by atoms with Crippen LogP contribution in [-0.4, -0.2) is 12.6 Å². The summed E-state index contributed by atoms with van der Waals surface area (Å²) < 4.78 is 0. The standard InChI is InChI=1S/C16H22ClN/c17-15-6-2-5-13(9-15)14-10-16(11-14)18-8-7-12-3-1-4-12/h2,5-6,9,12,14,16,18H,1,3-4,7-8,10-11H2. The molecule has 2 saturated carbocycles. The molecule has 98 valence electrons. The largest absolute Gasteiger partial charge is 0.314 e. The number of halogens is 1. The van der Waals surface area contributed by atoms with Gasteiger partial charge in [-0.25, -0.2) is 0 Å². The molecule has 1 aromatic carbocycles. The molecule has 0 radical (unpaired) electrons. The second-order valence-corrected chi connectivity index (χ2v) is 6.40. The lowest BCUT2D eigenvalue weighted by Crippen LogP contribution is -2.41. The highest BCUT2D eigenvalue weighted by atomic mass is 35.5. The maximum absolute atomic E-state index is 6.03. The Morgan fingerprint density at radius 1 is 1.22 bits per heavy atom. The SMILES string of the molecule is Clc1cccc(C2CC(NCCC3CCC3)C2)c1. The van der Waals surface area contributed by atoms with Crippen LogP contribution >= 0.6 is 11.6 Å². The summed E-state index contributed by atoms with van der Waals surface area (Å²) in [4.78, 5) is 0. The zero-order valence-corrected chi connectivity index (χ0v) is 11.6. The Morgan fingerprint density at radius 2 is 2.06 bits per heavy atom. The van der Waals surface area contributed by atoms with E-state index in [0.717, 1.165) is 22.9 Å². The maximum atomic E-state index is 6.03. The summed E-state index contributed by atoms with van der Waals surface area (Å²) in [7, 11) is 0. The van der Waals surface area contributed by atoms with Gasteiger partial charge < -0.3 is 5.32 Å². The maximum Gasteiger partial charge on any atom is 0.0408 e. The van der Waals surface area contributed by atoms with Gasteiger partial charge in [-0.1, -0.05) is 43.0 Å². The zero-order chi connectivity index (χ0) is 12.4. The molecule has 0 aromatic heterocycles. The monoisotopic (exact) mass is 263 g/mol. The van der Waals surface area contributed by atoms with E-state index < -0.39 is 0 Å². The van der Waals surface area contributed by atoms with Gasteiger partial charge in [0, 0.05) is 11.1 Å². The summed E-state index contributed by atoms with van der Waals surface area (Å²) in [6, 6.07) is 9.10. The summed E-state index contributed by atoms with van der Waals surface area (Å²) in [5.41, 5.74) is 1.42. The summed E-state index contributed by atoms with van der Waals surface area (Å²) in [5.74, 6) is 1.76. The van der Waals surface area contributed by atoms with E-state index in [1.54, 1.807) is 0 Å². The van der Waals surface area contributed by atoms with Crippen LogP contribution in [0.15, 0.2) is 24.3 Å². The first-order valence-electron chi connectivity index (χ1n) is 7.30. The summed E-state index contributed by atoms with van der Waals surface area (Å²) >= 11 is 6.03. The highest BCUT2D eigenvalue weighted by Crippen LogP contribution is 2.37. The van der Waals surface area contributed by atoms with E-state index in [-0.39, 0.29) is 0 Å². The van der Waals surface area contributed by atoms with Crippen molar-refractivity contribution in [2.75, 3.05) is 6.54 Å². The van der Waals surface area contributed by atoms with E-state index in [4.69, 9.17) is 11.6 Å². The van der Waals surface area contributed by atoms with Gasteiger partial charge in [-0.3, -0.25) is 0 Å². The number of hydrogen-bond donors (Lipinski definition) is 1. The molecule has 2 aliphatic rings. The molecular weight excluding hydrogens is 242 g/mol. The minimum Gasteiger partial charge on any atom is -0.314 e. The molecule has 2 heteroatoms. The van der Waals surface area contributed by atoms with Gasteiger partial charge in [-0.05, 0) is 55.3 Å². The van der Waals surface area contributed by atoms with Crippen molar-refractivity contribution < 1.29 is 0 Å². The van der Waals surface area contributed by atoms with Gasteiger partial charge in [0.15, 0.2) is 0 Å². The lowest BCUT2D eigenvalue weighted by molar-refractivity contribution is 0.254. The van der Waals surface area contributed by atoms with E-state index in [0.29, 0.717) is 0 Å². The molecule has 18 heavy (non-hydrogen) atoms. The molecule has 2 fully saturated rings. The summed E-state index contributed by atoms with van der Waals surface area (Å²) in [6.07, 6.45) is 8.36. The molecule has 0 atom stereocenters. The van der Waals surface area contributed by atoms with Crippen molar-refractivity contribution in [1.29, 1.82) is 0 Å². The quantitative estimate of drug-likeness (QED) is 0.832. The van der Waals surface area contributed by atoms with Crippen molar-refractivity contribution in [3.8, 4) is 0 Å². The summed E-state index contributed by atoms with van der Waals surface area (Å²) in [5, 5.41) is 4.57. The molecule has 0 amide bonds. The molecule has 1 N–H and O–H groups in total. The Bertz CT molecular complexity index is 394. The van der Waals surface area contributed by atoms with Gasteiger partial charge in [0.05, 0.1) is 0 Å². The molecule has 0 heterocycles. The molecule has 1 nitrogen and oxygen atoms in total.